The zero-order chi connectivity index (χ0) is 23.2. The monoisotopic (exact) mass is 495 g/mol. The molecule has 2 aliphatic heterocycles. The van der Waals surface area contributed by atoms with Gasteiger partial charge in [-0.3, -0.25) is 4.98 Å². The maximum atomic E-state index is 13.7. The van der Waals surface area contributed by atoms with Gasteiger partial charge in [0.15, 0.2) is 0 Å². The molecule has 1 aromatic heterocycles. The number of aromatic nitrogens is 1. The van der Waals surface area contributed by atoms with Crippen molar-refractivity contribution in [2.75, 3.05) is 29.7 Å². The van der Waals surface area contributed by atoms with Crippen LogP contribution in [0.5, 0.6) is 0 Å². The van der Waals surface area contributed by atoms with Crippen LogP contribution in [0.4, 0.5) is 18.9 Å². The average molecular weight is 496 g/mol. The van der Waals surface area contributed by atoms with Crippen molar-refractivity contribution in [1.82, 2.24) is 9.88 Å². The van der Waals surface area contributed by atoms with Crippen LogP contribution in [0.2, 0.25) is 5.02 Å². The second-order valence-corrected chi connectivity index (χ2v) is 9.54. The molecular weight excluding hydrogens is 471 g/mol. The van der Waals surface area contributed by atoms with Gasteiger partial charge < -0.3 is 9.21 Å². The number of likely N-dealkylation sites (tertiary alicyclic amines) is 1. The molecule has 0 amide bonds. The maximum absolute atomic E-state index is 13.7. The van der Waals surface area contributed by atoms with E-state index in [1.807, 2.05) is 12.1 Å². The van der Waals surface area contributed by atoms with E-state index in [-0.39, 0.29) is 17.2 Å². The fraction of sp³-hybridized carbons (Fsp3) is 0.435. The Morgan fingerprint density at radius 3 is 2.61 bits per heavy atom. The van der Waals surface area contributed by atoms with E-state index >= 15 is 0 Å². The Balaban J connectivity index is 1.40. The van der Waals surface area contributed by atoms with Crippen molar-refractivity contribution in [3.63, 3.8) is 0 Å². The number of halogens is 4. The molecule has 0 bridgehead atoms. The van der Waals surface area contributed by atoms with Crippen LogP contribution in [0, 0.1) is 5.82 Å². The quantitative estimate of drug-likeness (QED) is 0.307. The van der Waals surface area contributed by atoms with Crippen LogP contribution in [0.1, 0.15) is 36.9 Å². The number of nitrogens with zero attached hydrogens (tertiary/aromatic N) is 5. The van der Waals surface area contributed by atoms with Crippen LogP contribution in [0.3, 0.4) is 0 Å². The average Bonchev–Trinajstić information content (AvgIpc) is 3.51. The van der Waals surface area contributed by atoms with Crippen LogP contribution in [0.25, 0.3) is 0 Å². The van der Waals surface area contributed by atoms with Gasteiger partial charge in [0, 0.05) is 29.6 Å². The van der Waals surface area contributed by atoms with Gasteiger partial charge in [0.25, 0.3) is 6.43 Å². The van der Waals surface area contributed by atoms with Crippen LogP contribution < -0.4 is 4.31 Å². The van der Waals surface area contributed by atoms with Gasteiger partial charge in [0.1, 0.15) is 11.5 Å². The molecular formula is C23H25ClF3N5S. The molecule has 1 saturated heterocycles. The molecule has 4 rings (SSSR count). The summed E-state index contributed by atoms with van der Waals surface area (Å²) in [5, 5.41) is 7.50. The molecule has 0 saturated carbocycles. The predicted octanol–water partition coefficient (Wildman–Crippen LogP) is 5.83. The Hall–Kier alpha value is -2.10. The summed E-state index contributed by atoms with van der Waals surface area (Å²) in [6, 6.07) is 8.36. The topological polar surface area (TPSA) is 44.1 Å². The van der Waals surface area contributed by atoms with E-state index in [0.29, 0.717) is 17.8 Å². The highest BCUT2D eigenvalue weighted by molar-refractivity contribution is 8.00. The van der Waals surface area contributed by atoms with E-state index in [4.69, 9.17) is 11.6 Å². The summed E-state index contributed by atoms with van der Waals surface area (Å²) in [5.74, 6) is 0.457. The number of hydrogen-bond acceptors (Lipinski definition) is 6. The number of pyridine rings is 1. The summed E-state index contributed by atoms with van der Waals surface area (Å²) in [5.41, 5.74) is 2.53. The third-order valence-corrected chi connectivity index (χ3v) is 7.03. The highest BCUT2D eigenvalue weighted by Gasteiger charge is 2.22. The molecule has 33 heavy (non-hydrogen) atoms. The molecule has 3 heterocycles. The van der Waals surface area contributed by atoms with Crippen LogP contribution in [0.15, 0.2) is 46.7 Å². The Bertz CT molecular complexity index is 1010. The van der Waals surface area contributed by atoms with E-state index in [1.54, 1.807) is 30.3 Å². The van der Waals surface area contributed by atoms with Crippen molar-refractivity contribution in [2.45, 2.75) is 38.7 Å². The molecule has 2 aromatic rings. The summed E-state index contributed by atoms with van der Waals surface area (Å²) in [7, 11) is 0. The number of hydrogen-bond donors (Lipinski definition) is 0. The first kappa shape index (κ1) is 24.0. The van der Waals surface area contributed by atoms with Crippen LogP contribution in [-0.2, 0) is 6.54 Å². The minimum Gasteiger partial charge on any atom is -0.310 e. The van der Waals surface area contributed by atoms with E-state index in [9.17, 15) is 13.2 Å². The Morgan fingerprint density at radius 1 is 1.12 bits per heavy atom. The summed E-state index contributed by atoms with van der Waals surface area (Å²) in [4.78, 5) is 6.98. The van der Waals surface area contributed by atoms with Gasteiger partial charge in [-0.05, 0) is 81.2 Å². The lowest BCUT2D eigenvalue weighted by Crippen LogP contribution is -2.22. The van der Waals surface area contributed by atoms with Crippen LogP contribution >= 0.6 is 23.5 Å². The smallest absolute Gasteiger partial charge is 0.278 e. The molecule has 0 radical (unpaired) electrons. The summed E-state index contributed by atoms with van der Waals surface area (Å²) >= 11 is 7.69. The van der Waals surface area contributed by atoms with Crippen molar-refractivity contribution in [3.05, 3.63) is 58.6 Å². The molecule has 0 N–H and O–H groups in total. The summed E-state index contributed by atoms with van der Waals surface area (Å²) < 4.78 is 41.4. The van der Waals surface area contributed by atoms with Crippen molar-refractivity contribution >= 4 is 40.7 Å². The zero-order valence-corrected chi connectivity index (χ0v) is 19.6. The molecule has 2 aliphatic rings. The van der Waals surface area contributed by atoms with E-state index < -0.39 is 12.2 Å². The zero-order valence-electron chi connectivity index (χ0n) is 18.1. The molecule has 0 aliphatic carbocycles. The first-order chi connectivity index (χ1) is 16.0. The van der Waals surface area contributed by atoms with Crippen molar-refractivity contribution < 1.29 is 13.2 Å². The molecule has 1 fully saturated rings. The van der Waals surface area contributed by atoms with Gasteiger partial charge in [-0.1, -0.05) is 11.6 Å². The Labute approximate surface area is 200 Å². The lowest BCUT2D eigenvalue weighted by atomic mass is 10.1. The molecule has 0 spiro atoms. The van der Waals surface area contributed by atoms with Gasteiger partial charge in [-0.25, -0.2) is 13.2 Å². The van der Waals surface area contributed by atoms with Gasteiger partial charge in [-0.15, -0.1) is 0 Å². The van der Waals surface area contributed by atoms with Gasteiger partial charge in [0.2, 0.25) is 0 Å². The normalized spacial score (nSPS) is 16.4. The van der Waals surface area contributed by atoms with Crippen molar-refractivity contribution in [2.24, 2.45) is 10.2 Å². The summed E-state index contributed by atoms with van der Waals surface area (Å²) in [6.07, 6.45) is 2.66. The maximum Gasteiger partial charge on any atom is 0.278 e. The highest BCUT2D eigenvalue weighted by Crippen LogP contribution is 2.29. The number of anilines is 1. The SMILES string of the molecule is Fc1ccc(N(Cc2ccc(C3=NN=C(C(F)F)C3)cn2)SCCCN2CCCC2)cc1Cl. The number of rotatable bonds is 10. The van der Waals surface area contributed by atoms with Crippen molar-refractivity contribution in [3.8, 4) is 0 Å². The van der Waals surface area contributed by atoms with Gasteiger partial charge in [-0.2, -0.15) is 10.2 Å². The molecule has 0 unspecified atom stereocenters. The minimum atomic E-state index is -2.60. The van der Waals surface area contributed by atoms with Crippen LogP contribution in [-0.4, -0.2) is 53.1 Å². The lowest BCUT2D eigenvalue weighted by Gasteiger charge is -2.24. The van der Waals surface area contributed by atoms with E-state index in [1.165, 1.54) is 32.0 Å². The lowest BCUT2D eigenvalue weighted by molar-refractivity contribution is 0.224. The molecule has 0 atom stereocenters. The first-order valence-electron chi connectivity index (χ1n) is 10.9. The second kappa shape index (κ2) is 11.4. The highest BCUT2D eigenvalue weighted by atomic mass is 35.5. The number of benzene rings is 1. The molecule has 10 heteroatoms. The molecule has 1 aromatic carbocycles. The summed E-state index contributed by atoms with van der Waals surface area (Å²) in [6.45, 7) is 3.91. The third-order valence-electron chi connectivity index (χ3n) is 5.62. The fourth-order valence-electron chi connectivity index (χ4n) is 3.80. The standard InChI is InChI=1S/C23H25ClF3N5S/c24-19-12-18(6-7-20(19)25)32(33-11-3-10-31-8-1-2-9-31)15-17-5-4-16(14-28-17)21-13-22(23(26)27)30-29-21/h4-7,12,14,23H,1-3,8-11,13,15H2. The molecule has 176 valence electrons. The minimum absolute atomic E-state index is 0.0335. The van der Waals surface area contributed by atoms with Gasteiger partial charge in [0.05, 0.1) is 23.0 Å². The largest absolute Gasteiger partial charge is 0.310 e. The van der Waals surface area contributed by atoms with Crippen molar-refractivity contribution in [1.29, 1.82) is 0 Å². The Morgan fingerprint density at radius 2 is 1.94 bits per heavy atom. The molecule has 5 nitrogen and oxygen atoms in total. The Kier molecular flexibility index (Phi) is 8.27. The third kappa shape index (κ3) is 6.49. The first-order valence-corrected chi connectivity index (χ1v) is 12.3. The van der Waals surface area contributed by atoms with Gasteiger partial charge >= 0.3 is 0 Å². The number of alkyl halides is 2. The second-order valence-electron chi connectivity index (χ2n) is 8.02. The van der Waals surface area contributed by atoms with E-state index in [0.717, 1.165) is 30.1 Å². The fourth-order valence-corrected chi connectivity index (χ4v) is 4.94. The van der Waals surface area contributed by atoms with E-state index in [2.05, 4.69) is 24.4 Å². The predicted molar refractivity (Wildman–Crippen MR) is 129 cm³/mol.